The smallest absolute Gasteiger partial charge is 0.280 e. The Bertz CT molecular complexity index is 1370. The Labute approximate surface area is 171 Å². The summed E-state index contributed by atoms with van der Waals surface area (Å²) in [5, 5.41) is 9.94. The molecule has 2 aromatic heterocycles. The molecule has 6 heteroatoms. The topological polar surface area (TPSA) is 78.7 Å². The number of hydrogen-bond donors (Lipinski definition) is 1. The van der Waals surface area contributed by atoms with Gasteiger partial charge in [-0.1, -0.05) is 48.9 Å². The Morgan fingerprint density at radius 2 is 1.86 bits per heavy atom. The number of H-pyrrole nitrogens is 1. The lowest BCUT2D eigenvalue weighted by Gasteiger charge is -2.09. The van der Waals surface area contributed by atoms with Gasteiger partial charge in [-0.15, -0.1) is 11.3 Å². The van der Waals surface area contributed by atoms with Crippen LogP contribution in [0.1, 0.15) is 28.5 Å². The van der Waals surface area contributed by atoms with Gasteiger partial charge in [0, 0.05) is 4.88 Å². The average Bonchev–Trinajstić information content (AvgIpc) is 3.16. The maximum Gasteiger partial charge on any atom is 0.329 e. The number of nitrogens with zero attached hydrogens (tertiary/aromatic N) is 2. The first-order valence-corrected chi connectivity index (χ1v) is 10.2. The first-order valence-electron chi connectivity index (χ1n) is 9.35. The van der Waals surface area contributed by atoms with Crippen LogP contribution in [0.15, 0.2) is 58.1 Å². The van der Waals surface area contributed by atoms with E-state index in [1.54, 1.807) is 4.57 Å². The molecule has 0 spiro atoms. The largest absolute Gasteiger partial charge is 0.329 e. The Morgan fingerprint density at radius 3 is 2.55 bits per heavy atom. The highest BCUT2D eigenvalue weighted by Crippen LogP contribution is 2.26. The van der Waals surface area contributed by atoms with Crippen molar-refractivity contribution in [3.05, 3.63) is 90.9 Å². The van der Waals surface area contributed by atoms with Crippen molar-refractivity contribution in [3.63, 3.8) is 0 Å². The fourth-order valence-corrected chi connectivity index (χ4v) is 4.49. The number of fused-ring (bicyclic) bond motifs is 1. The van der Waals surface area contributed by atoms with E-state index in [2.05, 4.69) is 11.1 Å². The van der Waals surface area contributed by atoms with Crippen molar-refractivity contribution in [3.8, 4) is 17.2 Å². The molecule has 5 nitrogen and oxygen atoms in total. The first-order chi connectivity index (χ1) is 14.0. The summed E-state index contributed by atoms with van der Waals surface area (Å²) in [4.78, 5) is 28.8. The molecule has 0 saturated heterocycles. The predicted octanol–water partition coefficient (Wildman–Crippen LogP) is 4.21. The molecule has 0 amide bonds. The zero-order chi connectivity index (χ0) is 20.5. The van der Waals surface area contributed by atoms with Gasteiger partial charge < -0.3 is 0 Å². The normalized spacial score (nSPS) is 10.9. The van der Waals surface area contributed by atoms with E-state index >= 15 is 0 Å². The van der Waals surface area contributed by atoms with Crippen molar-refractivity contribution in [1.82, 2.24) is 9.55 Å². The van der Waals surface area contributed by atoms with Crippen LogP contribution < -0.4 is 11.2 Å². The number of thiophene rings is 1. The molecule has 1 N–H and O–H groups in total. The third kappa shape index (κ3) is 3.53. The predicted molar refractivity (Wildman–Crippen MR) is 117 cm³/mol. The quantitative estimate of drug-likeness (QED) is 0.556. The second kappa shape index (κ2) is 7.53. The summed E-state index contributed by atoms with van der Waals surface area (Å²) < 4.78 is 1.61. The second-order valence-corrected chi connectivity index (χ2v) is 8.10. The molecule has 0 fully saturated rings. The number of nitrogens with one attached hydrogen (secondary N) is 1. The maximum absolute atomic E-state index is 12.4. The van der Waals surface area contributed by atoms with Gasteiger partial charge in [0.2, 0.25) is 0 Å². The van der Waals surface area contributed by atoms with Crippen molar-refractivity contribution in [1.29, 1.82) is 5.26 Å². The summed E-state index contributed by atoms with van der Waals surface area (Å²) in [6, 6.07) is 17.7. The lowest BCUT2D eigenvalue weighted by Crippen LogP contribution is -2.29. The van der Waals surface area contributed by atoms with E-state index in [-0.39, 0.29) is 5.56 Å². The number of nitriles is 1. The van der Waals surface area contributed by atoms with Crippen molar-refractivity contribution in [2.24, 2.45) is 0 Å². The van der Waals surface area contributed by atoms with Gasteiger partial charge in [-0.3, -0.25) is 14.3 Å². The molecule has 4 aromatic rings. The highest BCUT2D eigenvalue weighted by atomic mass is 32.1. The lowest BCUT2D eigenvalue weighted by molar-refractivity contribution is 0.762. The minimum absolute atomic E-state index is 0.337. The van der Waals surface area contributed by atoms with E-state index in [0.717, 1.165) is 33.6 Å². The molecule has 144 valence electrons. The van der Waals surface area contributed by atoms with Gasteiger partial charge in [-0.25, -0.2) is 4.79 Å². The van der Waals surface area contributed by atoms with Crippen LogP contribution in [0.25, 0.3) is 21.3 Å². The van der Waals surface area contributed by atoms with E-state index in [1.165, 1.54) is 11.3 Å². The number of rotatable bonds is 4. The van der Waals surface area contributed by atoms with Crippen LogP contribution in [0.4, 0.5) is 0 Å². The highest BCUT2D eigenvalue weighted by Gasteiger charge is 2.12. The van der Waals surface area contributed by atoms with Gasteiger partial charge in [-0.05, 0) is 42.2 Å². The molecule has 2 heterocycles. The molecule has 0 unspecified atom stereocenters. The fourth-order valence-electron chi connectivity index (χ4n) is 3.40. The van der Waals surface area contributed by atoms with Crippen LogP contribution in [0.5, 0.6) is 0 Å². The van der Waals surface area contributed by atoms with Gasteiger partial charge >= 0.3 is 5.69 Å². The standard InChI is InChI=1S/C23H19N3O2S/c1-3-18-11-20-21(27)25-23(28)26(22(20)29-18)13-15-5-8-16(9-6-15)19-10-14(2)4-7-17(19)12-24/h4-11H,3,13H2,1-2H3,(H,25,27,28). The SMILES string of the molecule is CCc1cc2c(=O)[nH]c(=O)n(Cc3ccc(-c4cc(C)ccc4C#N)cc3)c2s1. The van der Waals surface area contributed by atoms with E-state index < -0.39 is 5.69 Å². The molecule has 4 rings (SSSR count). The molecule has 0 radical (unpaired) electrons. The van der Waals surface area contributed by atoms with Crippen LogP contribution in [0.2, 0.25) is 0 Å². The van der Waals surface area contributed by atoms with E-state index in [9.17, 15) is 14.9 Å². The Kier molecular flexibility index (Phi) is 4.91. The zero-order valence-corrected chi connectivity index (χ0v) is 17.0. The molecule has 0 aliphatic rings. The number of aromatic nitrogens is 2. The van der Waals surface area contributed by atoms with Crippen LogP contribution in [0, 0.1) is 18.3 Å². The van der Waals surface area contributed by atoms with E-state index in [0.29, 0.717) is 22.3 Å². The molecule has 29 heavy (non-hydrogen) atoms. The molecule has 0 atom stereocenters. The van der Waals surface area contributed by atoms with Crippen molar-refractivity contribution in [2.45, 2.75) is 26.8 Å². The summed E-state index contributed by atoms with van der Waals surface area (Å²) in [6.45, 7) is 4.40. The van der Waals surface area contributed by atoms with E-state index in [4.69, 9.17) is 0 Å². The minimum Gasteiger partial charge on any atom is -0.280 e. The minimum atomic E-state index is -0.401. The third-order valence-electron chi connectivity index (χ3n) is 4.97. The van der Waals surface area contributed by atoms with Gasteiger partial charge in [0.1, 0.15) is 4.83 Å². The monoisotopic (exact) mass is 401 g/mol. The number of aromatic amines is 1. The first kappa shape index (κ1) is 18.9. The van der Waals surface area contributed by atoms with Crippen LogP contribution >= 0.6 is 11.3 Å². The van der Waals surface area contributed by atoms with Gasteiger partial charge in [-0.2, -0.15) is 5.26 Å². The fraction of sp³-hybridized carbons (Fsp3) is 0.174. The van der Waals surface area contributed by atoms with Gasteiger partial charge in [0.15, 0.2) is 0 Å². The Hall–Kier alpha value is -3.43. The van der Waals surface area contributed by atoms with Crippen LogP contribution in [-0.2, 0) is 13.0 Å². The Balaban J connectivity index is 1.73. The van der Waals surface area contributed by atoms with Gasteiger partial charge in [0.25, 0.3) is 5.56 Å². The molecule has 0 bridgehead atoms. The molecule has 2 aromatic carbocycles. The third-order valence-corrected chi connectivity index (χ3v) is 6.27. The molecular weight excluding hydrogens is 382 g/mol. The number of benzene rings is 2. The zero-order valence-electron chi connectivity index (χ0n) is 16.2. The molecule has 0 saturated carbocycles. The summed E-state index contributed by atoms with van der Waals surface area (Å²) in [6.07, 6.45) is 0.819. The number of hydrogen-bond acceptors (Lipinski definition) is 4. The number of aryl methyl sites for hydroxylation is 2. The van der Waals surface area contributed by atoms with Crippen molar-refractivity contribution >= 4 is 21.6 Å². The van der Waals surface area contributed by atoms with Crippen molar-refractivity contribution < 1.29 is 0 Å². The maximum atomic E-state index is 12.4. The summed E-state index contributed by atoms with van der Waals surface area (Å²) in [5.74, 6) is 0. The molecular formula is C23H19N3O2S. The summed E-state index contributed by atoms with van der Waals surface area (Å²) >= 11 is 1.48. The van der Waals surface area contributed by atoms with E-state index in [1.807, 2.05) is 62.4 Å². The Morgan fingerprint density at radius 1 is 1.10 bits per heavy atom. The second-order valence-electron chi connectivity index (χ2n) is 6.99. The van der Waals surface area contributed by atoms with Crippen molar-refractivity contribution in [2.75, 3.05) is 0 Å². The van der Waals surface area contributed by atoms with Crippen LogP contribution in [0.3, 0.4) is 0 Å². The summed E-state index contributed by atoms with van der Waals surface area (Å²) in [5.41, 5.74) is 3.78. The molecule has 0 aliphatic heterocycles. The van der Waals surface area contributed by atoms with Crippen LogP contribution in [-0.4, -0.2) is 9.55 Å². The average molecular weight is 401 g/mol. The molecule has 0 aliphatic carbocycles. The highest BCUT2D eigenvalue weighted by molar-refractivity contribution is 7.18. The van der Waals surface area contributed by atoms with Gasteiger partial charge in [0.05, 0.1) is 23.6 Å². The lowest BCUT2D eigenvalue weighted by atomic mass is 9.97. The summed E-state index contributed by atoms with van der Waals surface area (Å²) in [7, 11) is 0.